The number of allylic oxidation sites excluding steroid dienone is 22. The normalized spacial score (nSPS) is 13.0. The topological polar surface area (TPSA) is 78.9 Å². The van der Waals surface area contributed by atoms with Crippen LogP contribution in [0.2, 0.25) is 0 Å². The van der Waals surface area contributed by atoms with E-state index in [0.29, 0.717) is 19.3 Å². The predicted octanol–water partition coefficient (Wildman–Crippen LogP) is 22.5. The number of carbonyl (C=O) groups is 3. The van der Waals surface area contributed by atoms with Crippen LogP contribution in [-0.4, -0.2) is 37.2 Å². The molecule has 0 radical (unpaired) electrons. The minimum atomic E-state index is -0.824. The third-order valence-electron chi connectivity index (χ3n) is 13.6. The van der Waals surface area contributed by atoms with E-state index in [2.05, 4.69) is 142 Å². The minimum absolute atomic E-state index is 0.111. The lowest BCUT2D eigenvalue weighted by atomic mass is 10.0. The smallest absolute Gasteiger partial charge is 0.306 e. The van der Waals surface area contributed by atoms with Gasteiger partial charge < -0.3 is 14.2 Å². The van der Waals surface area contributed by atoms with E-state index in [-0.39, 0.29) is 31.6 Å². The Bertz CT molecular complexity index is 1680. The third kappa shape index (κ3) is 64.3. The molecule has 0 aromatic carbocycles. The molecule has 0 aliphatic rings. The van der Waals surface area contributed by atoms with Crippen LogP contribution < -0.4 is 0 Å². The highest BCUT2D eigenvalue weighted by molar-refractivity contribution is 5.71. The number of carbonyl (C=O) groups excluding carboxylic acids is 3. The van der Waals surface area contributed by atoms with Gasteiger partial charge in [0, 0.05) is 19.3 Å². The standard InChI is InChI=1S/C73H120O6/c1-4-7-10-13-16-19-22-25-26-27-28-29-30-31-32-33-34-35-36-37-38-39-40-41-42-43-44-45-46-49-51-54-57-60-63-66-72(75)78-69-70(79-73(76)67-64-61-58-55-52-48-24-21-18-15-12-9-6-3)68-77-71(74)65-62-59-56-53-50-47-23-20-17-14-11-8-5-2/h7,9-12,14,16,18-21,23,25-26,28-29,31-32,48,52,58,61,70H,4-6,8,13,15,17,22,24,27,30,33-47,49-51,53-57,59-60,62-69H2,1-3H3/b10-7-,12-9-,14-11-,19-16-,21-18-,23-20-,26-25-,29-28-,32-31-,52-48-,61-58-. The van der Waals surface area contributed by atoms with Gasteiger partial charge in [0.25, 0.3) is 0 Å². The molecule has 1 unspecified atom stereocenters. The van der Waals surface area contributed by atoms with E-state index < -0.39 is 12.1 Å². The van der Waals surface area contributed by atoms with Crippen molar-refractivity contribution in [3.8, 4) is 0 Å². The van der Waals surface area contributed by atoms with Crippen molar-refractivity contribution in [3.63, 3.8) is 0 Å². The van der Waals surface area contributed by atoms with E-state index >= 15 is 0 Å². The number of hydrogen-bond acceptors (Lipinski definition) is 6. The zero-order chi connectivity index (χ0) is 57.1. The zero-order valence-corrected chi connectivity index (χ0v) is 51.3. The third-order valence-corrected chi connectivity index (χ3v) is 13.6. The van der Waals surface area contributed by atoms with Gasteiger partial charge in [0.05, 0.1) is 0 Å². The first kappa shape index (κ1) is 74.5. The number of hydrogen-bond donors (Lipinski definition) is 0. The fourth-order valence-corrected chi connectivity index (χ4v) is 8.82. The molecule has 0 amide bonds. The summed E-state index contributed by atoms with van der Waals surface area (Å²) in [4.78, 5) is 38.1. The summed E-state index contributed by atoms with van der Waals surface area (Å²) < 4.78 is 16.8. The Morgan fingerprint density at radius 2 is 0.519 bits per heavy atom. The summed E-state index contributed by atoms with van der Waals surface area (Å²) in [5.74, 6) is -1.01. The van der Waals surface area contributed by atoms with Gasteiger partial charge in [0.1, 0.15) is 13.2 Å². The van der Waals surface area contributed by atoms with Crippen LogP contribution in [0, 0.1) is 0 Å². The molecular weight excluding hydrogens is 973 g/mol. The molecule has 0 bridgehead atoms. The highest BCUT2D eigenvalue weighted by atomic mass is 16.6. The summed E-state index contributed by atoms with van der Waals surface area (Å²) in [6.07, 6.45) is 93.6. The van der Waals surface area contributed by atoms with Gasteiger partial charge in [-0.05, 0) is 116 Å². The van der Waals surface area contributed by atoms with Crippen LogP contribution in [-0.2, 0) is 28.6 Å². The highest BCUT2D eigenvalue weighted by Crippen LogP contribution is 2.16. The predicted molar refractivity (Wildman–Crippen MR) is 343 cm³/mol. The molecule has 448 valence electrons. The van der Waals surface area contributed by atoms with Crippen molar-refractivity contribution in [2.75, 3.05) is 13.2 Å². The molecule has 6 nitrogen and oxygen atoms in total. The Morgan fingerprint density at radius 3 is 0.823 bits per heavy atom. The van der Waals surface area contributed by atoms with Crippen LogP contribution in [0.15, 0.2) is 134 Å². The fourth-order valence-electron chi connectivity index (χ4n) is 8.82. The molecule has 0 aliphatic carbocycles. The molecular formula is C73H120O6. The van der Waals surface area contributed by atoms with Gasteiger partial charge in [-0.25, -0.2) is 0 Å². The Balaban J connectivity index is 4.13. The summed E-state index contributed by atoms with van der Waals surface area (Å²) in [6, 6.07) is 0. The lowest BCUT2D eigenvalue weighted by Gasteiger charge is -2.18. The molecule has 0 N–H and O–H groups in total. The molecule has 0 aromatic rings. The molecule has 0 rings (SSSR count). The van der Waals surface area contributed by atoms with Crippen molar-refractivity contribution in [2.24, 2.45) is 0 Å². The maximum Gasteiger partial charge on any atom is 0.306 e. The number of esters is 3. The summed E-state index contributed by atoms with van der Waals surface area (Å²) in [5, 5.41) is 0. The molecule has 0 spiro atoms. The molecule has 0 fully saturated rings. The molecule has 6 heteroatoms. The van der Waals surface area contributed by atoms with Crippen LogP contribution in [0.3, 0.4) is 0 Å². The van der Waals surface area contributed by atoms with Gasteiger partial charge in [0.15, 0.2) is 6.10 Å². The highest BCUT2D eigenvalue weighted by Gasteiger charge is 2.19. The van der Waals surface area contributed by atoms with Gasteiger partial charge in [-0.2, -0.15) is 0 Å². The Kier molecular flexibility index (Phi) is 62.3. The van der Waals surface area contributed by atoms with Gasteiger partial charge >= 0.3 is 17.9 Å². The first-order valence-corrected chi connectivity index (χ1v) is 32.7. The van der Waals surface area contributed by atoms with Crippen molar-refractivity contribution < 1.29 is 28.6 Å². The van der Waals surface area contributed by atoms with Crippen LogP contribution in [0.1, 0.15) is 290 Å². The summed E-state index contributed by atoms with van der Waals surface area (Å²) in [5.41, 5.74) is 0. The molecule has 1 atom stereocenters. The van der Waals surface area contributed by atoms with Crippen molar-refractivity contribution in [2.45, 2.75) is 297 Å². The van der Waals surface area contributed by atoms with Crippen molar-refractivity contribution in [3.05, 3.63) is 134 Å². The van der Waals surface area contributed by atoms with Gasteiger partial charge in [0.2, 0.25) is 0 Å². The maximum atomic E-state index is 12.8. The van der Waals surface area contributed by atoms with Crippen molar-refractivity contribution >= 4 is 17.9 Å². The molecule has 0 saturated heterocycles. The van der Waals surface area contributed by atoms with Gasteiger partial charge in [-0.1, -0.05) is 289 Å². The van der Waals surface area contributed by atoms with E-state index in [4.69, 9.17) is 14.2 Å². The van der Waals surface area contributed by atoms with E-state index in [9.17, 15) is 14.4 Å². The van der Waals surface area contributed by atoms with E-state index in [0.717, 1.165) is 128 Å². The average Bonchev–Trinajstić information content (AvgIpc) is 3.45. The zero-order valence-electron chi connectivity index (χ0n) is 51.3. The number of unbranched alkanes of at least 4 members (excludes halogenated alkanes) is 25. The number of rotatable bonds is 58. The van der Waals surface area contributed by atoms with E-state index in [1.54, 1.807) is 0 Å². The summed E-state index contributed by atoms with van der Waals surface area (Å²) in [7, 11) is 0. The average molecular weight is 1090 g/mol. The van der Waals surface area contributed by atoms with Crippen molar-refractivity contribution in [1.29, 1.82) is 0 Å². The SMILES string of the molecule is CC/C=C\C/C=C\C/C=C\C/C=C\C/C=C\CCCCCCCCCCCCCCCCCCCCCC(=O)OCC(COC(=O)CCCCCCC/C=C\C/C=C\CCC)OC(=O)CC/C=C\C/C=C\C/C=C\C/C=C\CC. The van der Waals surface area contributed by atoms with Crippen LogP contribution >= 0.6 is 0 Å². The minimum Gasteiger partial charge on any atom is -0.462 e. The van der Waals surface area contributed by atoms with Crippen molar-refractivity contribution in [1.82, 2.24) is 0 Å². The Labute approximate surface area is 487 Å². The first-order valence-electron chi connectivity index (χ1n) is 32.7. The second-order valence-electron chi connectivity index (χ2n) is 21.3. The summed E-state index contributed by atoms with van der Waals surface area (Å²) in [6.45, 7) is 6.28. The largest absolute Gasteiger partial charge is 0.462 e. The number of ether oxygens (including phenoxy) is 3. The molecule has 0 heterocycles. The fraction of sp³-hybridized carbons (Fsp3) is 0.658. The van der Waals surface area contributed by atoms with Crippen LogP contribution in [0.4, 0.5) is 0 Å². The molecule has 0 saturated carbocycles. The Morgan fingerprint density at radius 1 is 0.266 bits per heavy atom. The molecule has 0 aromatic heterocycles. The van der Waals surface area contributed by atoms with Gasteiger partial charge in [-0.15, -0.1) is 0 Å². The monoisotopic (exact) mass is 1090 g/mol. The van der Waals surface area contributed by atoms with Crippen LogP contribution in [0.5, 0.6) is 0 Å². The lowest BCUT2D eigenvalue weighted by molar-refractivity contribution is -0.166. The molecule has 79 heavy (non-hydrogen) atoms. The Hall–Kier alpha value is -4.45. The second kappa shape index (κ2) is 66.1. The maximum absolute atomic E-state index is 12.8. The lowest BCUT2D eigenvalue weighted by Crippen LogP contribution is -2.30. The molecule has 0 aliphatic heterocycles. The van der Waals surface area contributed by atoms with E-state index in [1.807, 2.05) is 12.2 Å². The second-order valence-corrected chi connectivity index (χ2v) is 21.3. The van der Waals surface area contributed by atoms with Crippen LogP contribution in [0.25, 0.3) is 0 Å². The van der Waals surface area contributed by atoms with E-state index in [1.165, 1.54) is 116 Å². The first-order chi connectivity index (χ1) is 39.0. The van der Waals surface area contributed by atoms with Gasteiger partial charge in [-0.3, -0.25) is 14.4 Å². The quantitative estimate of drug-likeness (QED) is 0.0261. The summed E-state index contributed by atoms with van der Waals surface area (Å²) >= 11 is 0.